The molecule has 2 aromatic carbocycles. The van der Waals surface area contributed by atoms with Crippen molar-refractivity contribution in [3.8, 4) is 0 Å². The molecule has 1 heterocycles. The Hall–Kier alpha value is -2.93. The van der Waals surface area contributed by atoms with Crippen LogP contribution < -0.4 is 10.9 Å². The van der Waals surface area contributed by atoms with Crippen molar-refractivity contribution in [1.82, 2.24) is 10.3 Å². The molecule has 0 radical (unpaired) electrons. The Morgan fingerprint density at radius 1 is 1.00 bits per heavy atom. The summed E-state index contributed by atoms with van der Waals surface area (Å²) in [6.07, 6.45) is -0.166. The highest BCUT2D eigenvalue weighted by Crippen LogP contribution is 2.14. The van der Waals surface area contributed by atoms with Gasteiger partial charge in [0, 0.05) is 24.0 Å². The zero-order valence-electron chi connectivity index (χ0n) is 15.8. The van der Waals surface area contributed by atoms with E-state index in [0.717, 1.165) is 22.0 Å². The predicted molar refractivity (Wildman–Crippen MR) is 109 cm³/mol. The molecule has 0 aliphatic carbocycles. The number of hydrogen-bond acceptors (Lipinski definition) is 4. The molecule has 3 rings (SSSR count). The van der Waals surface area contributed by atoms with Gasteiger partial charge >= 0.3 is 0 Å². The topological polar surface area (TPSA) is 96.1 Å². The predicted octanol–water partition coefficient (Wildman–Crippen LogP) is 2.63. The van der Waals surface area contributed by atoms with Crippen LogP contribution in [0.2, 0.25) is 0 Å². The number of pyridine rings is 1. The fourth-order valence-electron chi connectivity index (χ4n) is 2.88. The van der Waals surface area contributed by atoms with Crippen LogP contribution in [-0.4, -0.2) is 25.1 Å². The van der Waals surface area contributed by atoms with Crippen molar-refractivity contribution in [2.24, 2.45) is 0 Å². The molecule has 146 valence electrons. The van der Waals surface area contributed by atoms with Crippen molar-refractivity contribution in [1.29, 1.82) is 0 Å². The van der Waals surface area contributed by atoms with E-state index in [-0.39, 0.29) is 29.2 Å². The highest BCUT2D eigenvalue weighted by Gasteiger charge is 2.16. The Morgan fingerprint density at radius 2 is 1.68 bits per heavy atom. The molecule has 7 heteroatoms. The smallest absolute Gasteiger partial charge is 0.253 e. The Labute approximate surface area is 163 Å². The lowest BCUT2D eigenvalue weighted by atomic mass is 10.1. The van der Waals surface area contributed by atoms with Crippen LogP contribution in [0.25, 0.3) is 10.9 Å². The average molecular weight is 398 g/mol. The summed E-state index contributed by atoms with van der Waals surface area (Å²) in [4.78, 5) is 27.2. The summed E-state index contributed by atoms with van der Waals surface area (Å²) in [6, 6.07) is 14.0. The summed E-state index contributed by atoms with van der Waals surface area (Å²) in [5.74, 6) is -0.700. The van der Waals surface area contributed by atoms with E-state index in [1.54, 1.807) is 30.3 Å². The van der Waals surface area contributed by atoms with Crippen LogP contribution in [-0.2, 0) is 21.2 Å². The second-order valence-corrected chi connectivity index (χ2v) is 8.98. The number of aryl methyl sites for hydroxylation is 2. The Balaban J connectivity index is 1.63. The minimum Gasteiger partial charge on any atom is -0.352 e. The number of sulfone groups is 1. The van der Waals surface area contributed by atoms with Crippen LogP contribution in [0.5, 0.6) is 0 Å². The number of aromatic nitrogens is 1. The van der Waals surface area contributed by atoms with E-state index in [1.807, 2.05) is 32.0 Å². The van der Waals surface area contributed by atoms with Crippen LogP contribution in [0.3, 0.4) is 0 Å². The van der Waals surface area contributed by atoms with E-state index in [4.69, 9.17) is 0 Å². The summed E-state index contributed by atoms with van der Waals surface area (Å²) in [5.41, 5.74) is 2.91. The quantitative estimate of drug-likeness (QED) is 0.667. The molecule has 0 aliphatic heterocycles. The monoisotopic (exact) mass is 398 g/mol. The third-order valence-electron chi connectivity index (χ3n) is 4.53. The molecular weight excluding hydrogens is 376 g/mol. The number of nitrogens with one attached hydrogen (secondary N) is 2. The molecule has 1 amide bonds. The second kappa shape index (κ2) is 7.98. The van der Waals surface area contributed by atoms with Gasteiger partial charge in [-0.2, -0.15) is 0 Å². The zero-order chi connectivity index (χ0) is 20.3. The molecule has 0 bridgehead atoms. The van der Waals surface area contributed by atoms with E-state index >= 15 is 0 Å². The first-order valence-corrected chi connectivity index (χ1v) is 10.6. The SMILES string of the molecule is Cc1ccc(S(=O)(=O)CCC(=O)NCc2cc3cc(C)ccc3[nH]c2=O)cc1. The molecular formula is C21H22N2O4S. The van der Waals surface area contributed by atoms with E-state index in [0.29, 0.717) is 5.56 Å². The molecule has 0 unspecified atom stereocenters. The van der Waals surface area contributed by atoms with Gasteiger partial charge in [-0.1, -0.05) is 29.3 Å². The van der Waals surface area contributed by atoms with Gasteiger partial charge in [-0.25, -0.2) is 8.42 Å². The van der Waals surface area contributed by atoms with Crippen molar-refractivity contribution >= 4 is 26.6 Å². The minimum absolute atomic E-state index is 0.0443. The number of carbonyl (C=O) groups is 1. The third-order valence-corrected chi connectivity index (χ3v) is 6.26. The molecule has 6 nitrogen and oxygen atoms in total. The van der Waals surface area contributed by atoms with Crippen LogP contribution in [0, 0.1) is 13.8 Å². The minimum atomic E-state index is -3.53. The molecule has 28 heavy (non-hydrogen) atoms. The fraction of sp³-hybridized carbons (Fsp3) is 0.238. The lowest BCUT2D eigenvalue weighted by molar-refractivity contribution is -0.120. The first-order chi connectivity index (χ1) is 13.2. The van der Waals surface area contributed by atoms with Crippen LogP contribution in [0.15, 0.2) is 58.2 Å². The zero-order valence-corrected chi connectivity index (χ0v) is 16.6. The second-order valence-electron chi connectivity index (χ2n) is 6.87. The van der Waals surface area contributed by atoms with Gasteiger partial charge in [-0.05, 0) is 49.6 Å². The van der Waals surface area contributed by atoms with Crippen LogP contribution >= 0.6 is 0 Å². The van der Waals surface area contributed by atoms with Gasteiger partial charge in [-0.15, -0.1) is 0 Å². The molecule has 2 N–H and O–H groups in total. The number of aromatic amines is 1. The summed E-state index contributed by atoms with van der Waals surface area (Å²) >= 11 is 0. The highest BCUT2D eigenvalue weighted by molar-refractivity contribution is 7.91. The summed E-state index contributed by atoms with van der Waals surface area (Å²) in [5, 5.41) is 3.51. The van der Waals surface area contributed by atoms with Gasteiger partial charge in [0.15, 0.2) is 9.84 Å². The molecule has 0 saturated carbocycles. The molecule has 1 aromatic heterocycles. The maximum Gasteiger partial charge on any atom is 0.253 e. The molecule has 0 spiro atoms. The van der Waals surface area contributed by atoms with Gasteiger partial charge in [0.25, 0.3) is 5.56 Å². The van der Waals surface area contributed by atoms with Crippen molar-refractivity contribution < 1.29 is 13.2 Å². The molecule has 0 fully saturated rings. The van der Waals surface area contributed by atoms with Gasteiger partial charge < -0.3 is 10.3 Å². The third kappa shape index (κ3) is 4.67. The first-order valence-electron chi connectivity index (χ1n) is 8.93. The lowest BCUT2D eigenvalue weighted by Crippen LogP contribution is -2.28. The average Bonchev–Trinajstić information content (AvgIpc) is 2.65. The number of benzene rings is 2. The molecule has 0 atom stereocenters. The van der Waals surface area contributed by atoms with E-state index in [1.165, 1.54) is 0 Å². The molecule has 0 saturated heterocycles. The fourth-order valence-corrected chi connectivity index (χ4v) is 4.12. The first kappa shape index (κ1) is 19.8. The number of fused-ring (bicyclic) bond motifs is 1. The largest absolute Gasteiger partial charge is 0.352 e. The standard InChI is InChI=1S/C21H22N2O4S/c1-14-3-6-18(7-4-14)28(26,27)10-9-20(24)22-13-17-12-16-11-15(2)5-8-19(16)23-21(17)25/h3-8,11-12H,9-10,13H2,1-2H3,(H,22,24)(H,23,25). The van der Waals surface area contributed by atoms with E-state index < -0.39 is 15.7 Å². The maximum atomic E-state index is 12.3. The molecule has 3 aromatic rings. The summed E-state index contributed by atoms with van der Waals surface area (Å²) < 4.78 is 24.6. The maximum absolute atomic E-state index is 12.3. The van der Waals surface area contributed by atoms with Crippen LogP contribution in [0.1, 0.15) is 23.1 Å². The lowest BCUT2D eigenvalue weighted by Gasteiger charge is -2.08. The van der Waals surface area contributed by atoms with Gasteiger partial charge in [0.2, 0.25) is 5.91 Å². The number of H-pyrrole nitrogens is 1. The number of carbonyl (C=O) groups excluding carboxylic acids is 1. The van der Waals surface area contributed by atoms with Crippen molar-refractivity contribution in [3.05, 3.63) is 75.6 Å². The van der Waals surface area contributed by atoms with Gasteiger partial charge in [0.05, 0.1) is 10.6 Å². The van der Waals surface area contributed by atoms with Crippen molar-refractivity contribution in [3.63, 3.8) is 0 Å². The summed E-state index contributed by atoms with van der Waals surface area (Å²) in [7, 11) is -3.53. The Morgan fingerprint density at radius 3 is 2.39 bits per heavy atom. The van der Waals surface area contributed by atoms with E-state index in [9.17, 15) is 18.0 Å². The highest BCUT2D eigenvalue weighted by atomic mass is 32.2. The van der Waals surface area contributed by atoms with Crippen LogP contribution in [0.4, 0.5) is 0 Å². The number of rotatable bonds is 6. The normalized spacial score (nSPS) is 11.5. The van der Waals surface area contributed by atoms with Crippen molar-refractivity contribution in [2.75, 3.05) is 5.75 Å². The summed E-state index contributed by atoms with van der Waals surface area (Å²) in [6.45, 7) is 3.88. The Kier molecular flexibility index (Phi) is 5.65. The Bertz CT molecular complexity index is 1180. The van der Waals surface area contributed by atoms with E-state index in [2.05, 4.69) is 10.3 Å². The molecule has 0 aliphatic rings. The van der Waals surface area contributed by atoms with Gasteiger partial charge in [-0.3, -0.25) is 9.59 Å². The van der Waals surface area contributed by atoms with Gasteiger partial charge in [0.1, 0.15) is 0 Å². The van der Waals surface area contributed by atoms with Crippen molar-refractivity contribution in [2.45, 2.75) is 31.7 Å². The number of hydrogen-bond donors (Lipinski definition) is 2. The number of amides is 1.